The van der Waals surface area contributed by atoms with E-state index in [1.807, 2.05) is 59.5 Å². The van der Waals surface area contributed by atoms with Crippen molar-refractivity contribution >= 4 is 5.91 Å². The second-order valence-electron chi connectivity index (χ2n) is 6.73. The van der Waals surface area contributed by atoms with Crippen molar-refractivity contribution in [1.29, 1.82) is 0 Å². The number of benzene rings is 2. The third-order valence-corrected chi connectivity index (χ3v) is 5.01. The number of ether oxygens (including phenoxy) is 1. The minimum Gasteiger partial charge on any atom is -0.492 e. The summed E-state index contributed by atoms with van der Waals surface area (Å²) >= 11 is 0. The van der Waals surface area contributed by atoms with Gasteiger partial charge in [-0.1, -0.05) is 48.5 Å². The summed E-state index contributed by atoms with van der Waals surface area (Å²) in [5.74, 6) is 0.699. The molecule has 1 amide bonds. The Bertz CT molecular complexity index is 926. The van der Waals surface area contributed by atoms with E-state index in [2.05, 4.69) is 24.0 Å². The number of rotatable bonds is 5. The molecule has 0 saturated heterocycles. The summed E-state index contributed by atoms with van der Waals surface area (Å²) in [6, 6.07) is 21.6. The number of hydrogen-bond donors (Lipinski definition) is 0. The molecule has 0 radical (unpaired) electrons. The average Bonchev–Trinajstić information content (AvgIpc) is 3.21. The normalized spacial score (nSPS) is 13.5. The summed E-state index contributed by atoms with van der Waals surface area (Å²) in [5, 5.41) is 0. The van der Waals surface area contributed by atoms with Crippen LogP contribution in [0.3, 0.4) is 0 Å². The average molecular weight is 358 g/mol. The fourth-order valence-electron chi connectivity index (χ4n) is 3.50. The van der Waals surface area contributed by atoms with Crippen LogP contribution in [-0.2, 0) is 13.0 Å². The third-order valence-electron chi connectivity index (χ3n) is 5.01. The van der Waals surface area contributed by atoms with Crippen LogP contribution >= 0.6 is 0 Å². The van der Waals surface area contributed by atoms with E-state index in [1.165, 1.54) is 0 Å². The smallest absolute Gasteiger partial charge is 0.258 e. The van der Waals surface area contributed by atoms with Gasteiger partial charge in [0.1, 0.15) is 5.75 Å². The second-order valence-corrected chi connectivity index (χ2v) is 6.73. The highest BCUT2D eigenvalue weighted by atomic mass is 16.5. The van der Waals surface area contributed by atoms with E-state index in [0.29, 0.717) is 18.7 Å². The Morgan fingerprint density at radius 3 is 2.67 bits per heavy atom. The molecule has 2 aromatic carbocycles. The van der Waals surface area contributed by atoms with E-state index in [0.717, 1.165) is 29.0 Å². The molecule has 27 heavy (non-hydrogen) atoms. The molecule has 0 bridgehead atoms. The number of amides is 1. The van der Waals surface area contributed by atoms with Gasteiger partial charge in [0.15, 0.2) is 0 Å². The summed E-state index contributed by atoms with van der Waals surface area (Å²) < 4.78 is 5.77. The van der Waals surface area contributed by atoms with Gasteiger partial charge in [-0.25, -0.2) is 0 Å². The van der Waals surface area contributed by atoms with Crippen molar-refractivity contribution in [2.24, 2.45) is 0 Å². The first-order chi connectivity index (χ1) is 13.2. The fraction of sp³-hybridized carbons (Fsp3) is 0.217. The maximum absolute atomic E-state index is 13.5. The largest absolute Gasteiger partial charge is 0.492 e. The first-order valence-electron chi connectivity index (χ1n) is 9.24. The van der Waals surface area contributed by atoms with Gasteiger partial charge in [-0.05, 0) is 36.2 Å². The van der Waals surface area contributed by atoms with Crippen LogP contribution in [0.1, 0.15) is 40.1 Å². The first kappa shape index (κ1) is 17.3. The summed E-state index contributed by atoms with van der Waals surface area (Å²) in [5.41, 5.74) is 3.69. The van der Waals surface area contributed by atoms with Crippen LogP contribution in [0.25, 0.3) is 0 Å². The Labute approximate surface area is 159 Å². The highest BCUT2D eigenvalue weighted by Crippen LogP contribution is 2.33. The molecule has 0 N–H and O–H groups in total. The SMILES string of the molecule is C[C@@H](c1ccccc1)N(Cc1ccccn1)C(=O)c1cccc2c1OCC2. The van der Waals surface area contributed by atoms with Crippen LogP contribution in [0.5, 0.6) is 5.75 Å². The zero-order valence-electron chi connectivity index (χ0n) is 15.3. The minimum absolute atomic E-state index is 0.0317. The van der Waals surface area contributed by atoms with E-state index in [4.69, 9.17) is 4.74 Å². The molecule has 1 atom stereocenters. The molecule has 0 spiro atoms. The van der Waals surface area contributed by atoms with Gasteiger partial charge in [0, 0.05) is 12.6 Å². The molecule has 0 unspecified atom stereocenters. The molecule has 4 heteroatoms. The lowest BCUT2D eigenvalue weighted by Gasteiger charge is -2.30. The maximum atomic E-state index is 13.5. The molecule has 0 aliphatic carbocycles. The third kappa shape index (κ3) is 3.56. The van der Waals surface area contributed by atoms with Gasteiger partial charge < -0.3 is 9.64 Å². The van der Waals surface area contributed by atoms with Crippen molar-refractivity contribution in [3.63, 3.8) is 0 Å². The predicted octanol–water partition coefficient (Wildman–Crippen LogP) is 4.42. The van der Waals surface area contributed by atoms with Gasteiger partial charge in [-0.2, -0.15) is 0 Å². The van der Waals surface area contributed by atoms with Crippen LogP contribution < -0.4 is 4.74 Å². The number of carbonyl (C=O) groups excluding carboxylic acids is 1. The summed E-state index contributed by atoms with van der Waals surface area (Å²) in [6.07, 6.45) is 2.61. The number of fused-ring (bicyclic) bond motifs is 1. The number of hydrogen-bond acceptors (Lipinski definition) is 3. The van der Waals surface area contributed by atoms with Crippen LogP contribution in [0.4, 0.5) is 0 Å². The van der Waals surface area contributed by atoms with Crippen molar-refractivity contribution in [2.75, 3.05) is 6.61 Å². The predicted molar refractivity (Wildman–Crippen MR) is 105 cm³/mol. The molecule has 0 saturated carbocycles. The number of para-hydroxylation sites is 1. The zero-order valence-corrected chi connectivity index (χ0v) is 15.3. The Kier molecular flexibility index (Phi) is 4.88. The van der Waals surface area contributed by atoms with Gasteiger partial charge in [-0.15, -0.1) is 0 Å². The van der Waals surface area contributed by atoms with Gasteiger partial charge >= 0.3 is 0 Å². The van der Waals surface area contributed by atoms with E-state index in [1.54, 1.807) is 6.20 Å². The number of aromatic nitrogens is 1. The Morgan fingerprint density at radius 2 is 1.89 bits per heavy atom. The molecule has 4 nitrogen and oxygen atoms in total. The topological polar surface area (TPSA) is 42.4 Å². The Morgan fingerprint density at radius 1 is 1.07 bits per heavy atom. The van der Waals surface area contributed by atoms with Gasteiger partial charge in [0.2, 0.25) is 0 Å². The molecule has 2 heterocycles. The van der Waals surface area contributed by atoms with Gasteiger partial charge in [0.05, 0.1) is 30.5 Å². The van der Waals surface area contributed by atoms with Gasteiger partial charge in [-0.3, -0.25) is 9.78 Å². The highest BCUT2D eigenvalue weighted by molar-refractivity contribution is 5.97. The lowest BCUT2D eigenvalue weighted by Crippen LogP contribution is -2.33. The van der Waals surface area contributed by atoms with Gasteiger partial charge in [0.25, 0.3) is 5.91 Å². The quantitative estimate of drug-likeness (QED) is 0.678. The maximum Gasteiger partial charge on any atom is 0.258 e. The number of carbonyl (C=O) groups is 1. The van der Waals surface area contributed by atoms with Crippen molar-refractivity contribution < 1.29 is 9.53 Å². The summed E-state index contributed by atoms with van der Waals surface area (Å²) in [4.78, 5) is 19.8. The highest BCUT2D eigenvalue weighted by Gasteiger charge is 2.28. The van der Waals surface area contributed by atoms with Crippen molar-refractivity contribution in [1.82, 2.24) is 9.88 Å². The molecule has 1 aliphatic rings. The molecule has 1 aromatic heterocycles. The van der Waals surface area contributed by atoms with Crippen LogP contribution in [0.2, 0.25) is 0 Å². The van der Waals surface area contributed by atoms with E-state index >= 15 is 0 Å². The molecular weight excluding hydrogens is 336 g/mol. The molecule has 136 valence electrons. The lowest BCUT2D eigenvalue weighted by molar-refractivity contribution is 0.0668. The first-order valence-corrected chi connectivity index (χ1v) is 9.24. The Balaban J connectivity index is 1.71. The minimum atomic E-state index is -0.0852. The summed E-state index contributed by atoms with van der Waals surface area (Å²) in [7, 11) is 0. The van der Waals surface area contributed by atoms with Crippen molar-refractivity contribution in [2.45, 2.75) is 25.9 Å². The molecule has 1 aliphatic heterocycles. The van der Waals surface area contributed by atoms with E-state index in [9.17, 15) is 4.79 Å². The monoisotopic (exact) mass is 358 g/mol. The van der Waals surface area contributed by atoms with Crippen LogP contribution in [-0.4, -0.2) is 22.4 Å². The molecule has 0 fully saturated rings. The van der Waals surface area contributed by atoms with E-state index < -0.39 is 0 Å². The molecule has 3 aromatic rings. The molecular formula is C23H22N2O2. The van der Waals surface area contributed by atoms with Crippen LogP contribution in [0.15, 0.2) is 72.9 Å². The van der Waals surface area contributed by atoms with Crippen molar-refractivity contribution in [3.05, 3.63) is 95.3 Å². The standard InChI is InChI=1S/C23H22N2O2/c1-17(18-8-3-2-4-9-18)25(16-20-11-5-6-14-24-20)23(26)21-12-7-10-19-13-15-27-22(19)21/h2-12,14,17H,13,15-16H2,1H3/t17-/m0/s1. The summed E-state index contributed by atoms with van der Waals surface area (Å²) in [6.45, 7) is 3.13. The van der Waals surface area contributed by atoms with Crippen LogP contribution in [0, 0.1) is 0 Å². The van der Waals surface area contributed by atoms with Crippen molar-refractivity contribution in [3.8, 4) is 5.75 Å². The number of pyridine rings is 1. The van der Waals surface area contributed by atoms with E-state index in [-0.39, 0.29) is 11.9 Å². The zero-order chi connectivity index (χ0) is 18.6. The Hall–Kier alpha value is -3.14. The number of nitrogens with zero attached hydrogens (tertiary/aromatic N) is 2. The fourth-order valence-corrected chi connectivity index (χ4v) is 3.50. The molecule has 4 rings (SSSR count). The second kappa shape index (κ2) is 7.62. The lowest BCUT2D eigenvalue weighted by atomic mass is 10.0.